The molecule has 0 bridgehead atoms. The van der Waals surface area contributed by atoms with Gasteiger partial charge in [0.05, 0.1) is 20.3 Å². The highest BCUT2D eigenvalue weighted by molar-refractivity contribution is 5.79. The minimum Gasteiger partial charge on any atom is -0.493 e. The van der Waals surface area contributed by atoms with E-state index in [0.717, 1.165) is 44.5 Å². The van der Waals surface area contributed by atoms with E-state index in [4.69, 9.17) is 9.47 Å². The molecule has 1 amide bonds. The molecule has 1 aliphatic heterocycles. The standard InChI is InChI=1S/C25H34N2O3/c1-5-22(21-10-11-23(29-3)24(16-21)30-4)26-25(28)20-12-14-27(15-13-20)17-19-8-6-18(2)7-9-19/h6-11,16,20,22H,5,12-15,17H2,1-4H3,(H,26,28)/t22-/m0/s1. The van der Waals surface area contributed by atoms with Gasteiger partial charge in [0.15, 0.2) is 11.5 Å². The smallest absolute Gasteiger partial charge is 0.223 e. The van der Waals surface area contributed by atoms with Crippen LogP contribution in [0, 0.1) is 12.8 Å². The summed E-state index contributed by atoms with van der Waals surface area (Å²) in [4.78, 5) is 15.4. The van der Waals surface area contributed by atoms with E-state index in [0.29, 0.717) is 11.5 Å². The molecule has 1 fully saturated rings. The molecule has 3 rings (SSSR count). The largest absolute Gasteiger partial charge is 0.493 e. The van der Waals surface area contributed by atoms with Crippen molar-refractivity contribution in [2.75, 3.05) is 27.3 Å². The number of aryl methyl sites for hydroxylation is 1. The number of methoxy groups -OCH3 is 2. The summed E-state index contributed by atoms with van der Waals surface area (Å²) in [5, 5.41) is 3.26. The second kappa shape index (κ2) is 10.5. The molecule has 0 unspecified atom stereocenters. The van der Waals surface area contributed by atoms with Gasteiger partial charge >= 0.3 is 0 Å². The fourth-order valence-electron chi connectivity index (χ4n) is 4.09. The Hall–Kier alpha value is -2.53. The third-order valence-corrected chi connectivity index (χ3v) is 6.02. The predicted molar refractivity (Wildman–Crippen MR) is 120 cm³/mol. The van der Waals surface area contributed by atoms with Crippen LogP contribution < -0.4 is 14.8 Å². The van der Waals surface area contributed by atoms with Gasteiger partial charge in [-0.25, -0.2) is 0 Å². The average molecular weight is 411 g/mol. The number of ether oxygens (including phenoxy) is 2. The first-order chi connectivity index (χ1) is 14.5. The lowest BCUT2D eigenvalue weighted by atomic mass is 9.94. The number of carbonyl (C=O) groups is 1. The molecule has 0 aliphatic carbocycles. The van der Waals surface area contributed by atoms with E-state index in [1.807, 2.05) is 18.2 Å². The van der Waals surface area contributed by atoms with Gasteiger partial charge in [0.2, 0.25) is 5.91 Å². The van der Waals surface area contributed by atoms with Gasteiger partial charge in [-0.2, -0.15) is 0 Å². The van der Waals surface area contributed by atoms with Crippen molar-refractivity contribution in [2.45, 2.75) is 45.7 Å². The molecule has 1 atom stereocenters. The molecule has 1 saturated heterocycles. The molecule has 1 heterocycles. The van der Waals surface area contributed by atoms with Crippen LogP contribution in [0.2, 0.25) is 0 Å². The van der Waals surface area contributed by atoms with Gasteiger partial charge in [-0.15, -0.1) is 0 Å². The van der Waals surface area contributed by atoms with Crippen LogP contribution >= 0.6 is 0 Å². The first-order valence-corrected chi connectivity index (χ1v) is 10.8. The summed E-state index contributed by atoms with van der Waals surface area (Å²) in [7, 11) is 3.26. The molecule has 1 N–H and O–H groups in total. The average Bonchev–Trinajstić information content (AvgIpc) is 2.78. The Morgan fingerprint density at radius 1 is 1.07 bits per heavy atom. The third kappa shape index (κ3) is 5.54. The zero-order valence-corrected chi connectivity index (χ0v) is 18.6. The fourth-order valence-corrected chi connectivity index (χ4v) is 4.09. The van der Waals surface area contributed by atoms with Gasteiger partial charge < -0.3 is 14.8 Å². The number of piperidine rings is 1. The molecule has 5 nitrogen and oxygen atoms in total. The lowest BCUT2D eigenvalue weighted by molar-refractivity contribution is -0.127. The number of nitrogens with zero attached hydrogens (tertiary/aromatic N) is 1. The van der Waals surface area contributed by atoms with Gasteiger partial charge in [0.25, 0.3) is 0 Å². The predicted octanol–water partition coefficient (Wildman–Crippen LogP) is 4.49. The second-order valence-corrected chi connectivity index (χ2v) is 8.12. The van der Waals surface area contributed by atoms with Crippen LogP contribution in [0.4, 0.5) is 0 Å². The number of hydrogen-bond acceptors (Lipinski definition) is 4. The molecular formula is C25H34N2O3. The Morgan fingerprint density at radius 2 is 1.73 bits per heavy atom. The quantitative estimate of drug-likeness (QED) is 0.697. The van der Waals surface area contributed by atoms with Crippen molar-refractivity contribution in [2.24, 2.45) is 5.92 Å². The fraction of sp³-hybridized carbons (Fsp3) is 0.480. The molecule has 0 saturated carbocycles. The van der Waals surface area contributed by atoms with Crippen molar-refractivity contribution in [3.63, 3.8) is 0 Å². The summed E-state index contributed by atoms with van der Waals surface area (Å²) in [6, 6.07) is 14.5. The lowest BCUT2D eigenvalue weighted by Gasteiger charge is -2.32. The maximum Gasteiger partial charge on any atom is 0.223 e. The van der Waals surface area contributed by atoms with Gasteiger partial charge in [0.1, 0.15) is 0 Å². The third-order valence-electron chi connectivity index (χ3n) is 6.02. The lowest BCUT2D eigenvalue weighted by Crippen LogP contribution is -2.41. The Kier molecular flexibility index (Phi) is 7.75. The van der Waals surface area contributed by atoms with Gasteiger partial charge in [-0.3, -0.25) is 9.69 Å². The minimum absolute atomic E-state index is 0.0251. The second-order valence-electron chi connectivity index (χ2n) is 8.12. The highest BCUT2D eigenvalue weighted by atomic mass is 16.5. The van der Waals surface area contributed by atoms with Crippen LogP contribution in [0.3, 0.4) is 0 Å². The monoisotopic (exact) mass is 410 g/mol. The van der Waals surface area contributed by atoms with Gasteiger partial charge in [0, 0.05) is 12.5 Å². The topological polar surface area (TPSA) is 50.8 Å². The number of nitrogens with one attached hydrogen (secondary N) is 1. The summed E-state index contributed by atoms with van der Waals surface area (Å²) in [5.41, 5.74) is 3.66. The summed E-state index contributed by atoms with van der Waals surface area (Å²) >= 11 is 0. The van der Waals surface area contributed by atoms with Crippen LogP contribution in [0.25, 0.3) is 0 Å². The molecule has 5 heteroatoms. The zero-order chi connectivity index (χ0) is 21.5. The Morgan fingerprint density at radius 3 is 2.33 bits per heavy atom. The molecule has 30 heavy (non-hydrogen) atoms. The summed E-state index contributed by atoms with van der Waals surface area (Å²) < 4.78 is 10.7. The number of carbonyl (C=O) groups excluding carboxylic acids is 1. The first-order valence-electron chi connectivity index (χ1n) is 10.8. The van der Waals surface area contributed by atoms with Crippen molar-refractivity contribution in [3.05, 3.63) is 59.2 Å². The number of likely N-dealkylation sites (tertiary alicyclic amines) is 1. The van der Waals surface area contributed by atoms with E-state index in [-0.39, 0.29) is 17.9 Å². The summed E-state index contributed by atoms with van der Waals surface area (Å²) in [5.74, 6) is 1.62. The molecule has 0 radical (unpaired) electrons. The number of benzene rings is 2. The van der Waals surface area contributed by atoms with Crippen LogP contribution in [-0.4, -0.2) is 38.1 Å². The zero-order valence-electron chi connectivity index (χ0n) is 18.6. The summed E-state index contributed by atoms with van der Waals surface area (Å²) in [6.07, 6.45) is 2.63. The number of amides is 1. The van der Waals surface area contributed by atoms with E-state index >= 15 is 0 Å². The maximum absolute atomic E-state index is 12.9. The molecule has 2 aromatic carbocycles. The van der Waals surface area contributed by atoms with E-state index in [1.165, 1.54) is 11.1 Å². The van der Waals surface area contributed by atoms with Crippen LogP contribution in [0.1, 0.15) is 48.9 Å². The van der Waals surface area contributed by atoms with Crippen molar-refractivity contribution < 1.29 is 14.3 Å². The first kappa shape index (κ1) is 22.2. The summed E-state index contributed by atoms with van der Waals surface area (Å²) in [6.45, 7) is 7.07. The molecule has 0 spiro atoms. The van der Waals surface area contributed by atoms with Gasteiger partial charge in [-0.1, -0.05) is 42.8 Å². The highest BCUT2D eigenvalue weighted by Gasteiger charge is 2.26. The molecule has 162 valence electrons. The molecule has 2 aromatic rings. The van der Waals surface area contributed by atoms with Crippen molar-refractivity contribution in [3.8, 4) is 11.5 Å². The van der Waals surface area contributed by atoms with E-state index < -0.39 is 0 Å². The number of hydrogen-bond donors (Lipinski definition) is 1. The minimum atomic E-state index is -0.0251. The van der Waals surface area contributed by atoms with E-state index in [1.54, 1.807) is 14.2 Å². The normalized spacial score (nSPS) is 16.1. The Balaban J connectivity index is 1.54. The van der Waals surface area contributed by atoms with Crippen LogP contribution in [0.15, 0.2) is 42.5 Å². The van der Waals surface area contributed by atoms with Crippen LogP contribution in [-0.2, 0) is 11.3 Å². The van der Waals surface area contributed by atoms with Crippen molar-refractivity contribution in [1.82, 2.24) is 10.2 Å². The van der Waals surface area contributed by atoms with E-state index in [2.05, 4.69) is 48.3 Å². The molecular weight excluding hydrogens is 376 g/mol. The SMILES string of the molecule is CC[C@H](NC(=O)C1CCN(Cc2ccc(C)cc2)CC1)c1ccc(OC)c(OC)c1. The van der Waals surface area contributed by atoms with Crippen molar-refractivity contribution >= 4 is 5.91 Å². The van der Waals surface area contributed by atoms with Crippen molar-refractivity contribution in [1.29, 1.82) is 0 Å². The molecule has 0 aromatic heterocycles. The number of rotatable bonds is 8. The maximum atomic E-state index is 12.9. The van der Waals surface area contributed by atoms with Crippen LogP contribution in [0.5, 0.6) is 11.5 Å². The van der Waals surface area contributed by atoms with Gasteiger partial charge in [-0.05, 0) is 62.5 Å². The molecule has 1 aliphatic rings. The van der Waals surface area contributed by atoms with E-state index in [9.17, 15) is 4.79 Å². The highest BCUT2D eigenvalue weighted by Crippen LogP contribution is 2.31. The Labute approximate surface area is 180 Å². The Bertz CT molecular complexity index is 827.